The lowest BCUT2D eigenvalue weighted by molar-refractivity contribution is 0.0652. The van der Waals surface area contributed by atoms with E-state index in [0.717, 1.165) is 26.4 Å². The predicted octanol–water partition coefficient (Wildman–Crippen LogP) is 7.92. The molecule has 0 saturated carbocycles. The van der Waals surface area contributed by atoms with E-state index >= 15 is 0 Å². The Labute approximate surface area is 191 Å². The molecule has 0 aliphatic carbocycles. The zero-order chi connectivity index (χ0) is 20.4. The van der Waals surface area contributed by atoms with E-state index in [0.29, 0.717) is 17.0 Å². The Kier molecular flexibility index (Phi) is 6.69. The van der Waals surface area contributed by atoms with Crippen LogP contribution in [-0.2, 0) is 0 Å². The summed E-state index contributed by atoms with van der Waals surface area (Å²) in [5.74, 6) is -0.242. The Bertz CT molecular complexity index is 999. The van der Waals surface area contributed by atoms with E-state index in [1.54, 1.807) is 22.7 Å². The van der Waals surface area contributed by atoms with Crippen LogP contribution in [0.4, 0.5) is 0 Å². The van der Waals surface area contributed by atoms with Crippen molar-refractivity contribution in [2.24, 2.45) is 0 Å². The summed E-state index contributed by atoms with van der Waals surface area (Å²) < 4.78 is 1.11. The number of halogens is 1. The molecular formula is C22H22BrNO2S3. The number of hydrogen-bond acceptors (Lipinski definition) is 5. The van der Waals surface area contributed by atoms with E-state index in [4.69, 9.17) is 0 Å². The smallest absolute Gasteiger partial charge is 0.271 e. The van der Waals surface area contributed by atoms with Crippen LogP contribution in [0.5, 0.6) is 0 Å². The molecule has 2 amide bonds. The summed E-state index contributed by atoms with van der Waals surface area (Å²) in [6.45, 7) is 2.74. The maximum atomic E-state index is 12.8. The molecule has 0 atom stereocenters. The summed E-state index contributed by atoms with van der Waals surface area (Å²) in [6.07, 6.45) is 6.87. The minimum Gasteiger partial charge on any atom is -0.274 e. The monoisotopic (exact) mass is 507 g/mol. The normalized spacial score (nSPS) is 13.5. The first-order valence-electron chi connectivity index (χ1n) is 9.94. The highest BCUT2D eigenvalue weighted by Gasteiger charge is 2.37. The molecule has 0 fully saturated rings. The summed E-state index contributed by atoms with van der Waals surface area (Å²) in [5.41, 5.74) is 0.579. The molecule has 7 heteroatoms. The molecule has 0 bridgehead atoms. The second-order valence-electron chi connectivity index (χ2n) is 7.15. The fourth-order valence-corrected chi connectivity index (χ4v) is 7.16. The van der Waals surface area contributed by atoms with Gasteiger partial charge >= 0.3 is 0 Å². The maximum Gasteiger partial charge on any atom is 0.271 e. The van der Waals surface area contributed by atoms with Crippen LogP contribution >= 0.6 is 49.9 Å². The number of fused-ring (bicyclic) bond motifs is 1. The summed E-state index contributed by atoms with van der Waals surface area (Å²) in [7, 11) is 0. The van der Waals surface area contributed by atoms with Crippen molar-refractivity contribution in [3.05, 3.63) is 44.6 Å². The lowest BCUT2D eigenvalue weighted by Crippen LogP contribution is -2.30. The van der Waals surface area contributed by atoms with E-state index in [9.17, 15) is 9.59 Å². The average Bonchev–Trinajstić information content (AvgIpc) is 3.47. The minimum atomic E-state index is -0.125. The number of amides is 2. The molecule has 3 aromatic heterocycles. The van der Waals surface area contributed by atoms with Gasteiger partial charge < -0.3 is 0 Å². The first-order chi connectivity index (χ1) is 14.1. The van der Waals surface area contributed by atoms with Crippen molar-refractivity contribution in [3.63, 3.8) is 0 Å². The molecule has 152 valence electrons. The molecule has 0 spiro atoms. The van der Waals surface area contributed by atoms with Gasteiger partial charge in [0.15, 0.2) is 0 Å². The largest absolute Gasteiger partial charge is 0.274 e. The van der Waals surface area contributed by atoms with E-state index in [-0.39, 0.29) is 11.8 Å². The number of hydrogen-bond donors (Lipinski definition) is 0. The van der Waals surface area contributed by atoms with Gasteiger partial charge in [-0.3, -0.25) is 14.5 Å². The average molecular weight is 509 g/mol. The molecule has 4 rings (SSSR count). The first-order valence-corrected chi connectivity index (χ1v) is 13.2. The van der Waals surface area contributed by atoms with Gasteiger partial charge in [-0.2, -0.15) is 0 Å². The molecule has 3 aromatic rings. The van der Waals surface area contributed by atoms with Crippen LogP contribution in [0.1, 0.15) is 65.5 Å². The third-order valence-electron chi connectivity index (χ3n) is 5.05. The van der Waals surface area contributed by atoms with Gasteiger partial charge in [-0.15, -0.1) is 34.0 Å². The highest BCUT2D eigenvalue weighted by Crippen LogP contribution is 2.43. The van der Waals surface area contributed by atoms with Gasteiger partial charge in [0, 0.05) is 26.1 Å². The van der Waals surface area contributed by atoms with Crippen LogP contribution in [0.25, 0.3) is 19.5 Å². The fraction of sp³-hybridized carbons (Fsp3) is 0.364. The Morgan fingerprint density at radius 2 is 1.45 bits per heavy atom. The quantitative estimate of drug-likeness (QED) is 0.217. The van der Waals surface area contributed by atoms with Gasteiger partial charge in [-0.1, -0.05) is 39.0 Å². The van der Waals surface area contributed by atoms with Crippen LogP contribution in [0.3, 0.4) is 0 Å². The van der Waals surface area contributed by atoms with Crippen molar-refractivity contribution in [1.82, 2.24) is 4.90 Å². The molecule has 0 N–H and O–H groups in total. The number of nitrogens with zero attached hydrogens (tertiary/aromatic N) is 1. The van der Waals surface area contributed by atoms with E-state index in [1.165, 1.54) is 51.7 Å². The number of thiophene rings is 3. The van der Waals surface area contributed by atoms with E-state index < -0.39 is 0 Å². The highest BCUT2D eigenvalue weighted by atomic mass is 79.9. The third kappa shape index (κ3) is 4.43. The topological polar surface area (TPSA) is 37.4 Å². The Balaban J connectivity index is 1.42. The zero-order valence-electron chi connectivity index (χ0n) is 16.2. The van der Waals surface area contributed by atoms with Crippen molar-refractivity contribution in [3.8, 4) is 19.5 Å². The number of carbonyl (C=O) groups is 2. The van der Waals surface area contributed by atoms with Crippen LogP contribution in [-0.4, -0.2) is 23.3 Å². The molecule has 0 aromatic carbocycles. The number of imide groups is 1. The fourth-order valence-electron chi connectivity index (χ4n) is 3.49. The van der Waals surface area contributed by atoms with Crippen LogP contribution in [0, 0.1) is 0 Å². The molecule has 0 radical (unpaired) electrons. The zero-order valence-corrected chi connectivity index (χ0v) is 20.2. The summed E-state index contributed by atoms with van der Waals surface area (Å²) >= 11 is 8.36. The highest BCUT2D eigenvalue weighted by molar-refractivity contribution is 9.11. The predicted molar refractivity (Wildman–Crippen MR) is 127 cm³/mol. The lowest BCUT2D eigenvalue weighted by Gasteiger charge is -2.13. The third-order valence-corrected chi connectivity index (χ3v) is 9.27. The molecule has 29 heavy (non-hydrogen) atoms. The van der Waals surface area contributed by atoms with E-state index in [2.05, 4.69) is 47.1 Å². The number of carbonyl (C=O) groups excluding carboxylic acids is 2. The van der Waals surface area contributed by atoms with Crippen molar-refractivity contribution < 1.29 is 9.59 Å². The van der Waals surface area contributed by atoms with Gasteiger partial charge in [0.25, 0.3) is 11.8 Å². The molecule has 1 aliphatic heterocycles. The van der Waals surface area contributed by atoms with Gasteiger partial charge in [-0.25, -0.2) is 0 Å². The van der Waals surface area contributed by atoms with Crippen LogP contribution in [0.2, 0.25) is 0 Å². The van der Waals surface area contributed by atoms with Crippen molar-refractivity contribution >= 4 is 61.8 Å². The van der Waals surface area contributed by atoms with Crippen molar-refractivity contribution in [1.29, 1.82) is 0 Å². The summed E-state index contributed by atoms with van der Waals surface area (Å²) in [5, 5.41) is 0. The molecule has 1 aliphatic rings. The van der Waals surface area contributed by atoms with Gasteiger partial charge in [0.05, 0.1) is 9.35 Å². The second kappa shape index (κ2) is 9.25. The number of unbranched alkanes of at least 4 members (excludes halogenated alkanes) is 5. The Morgan fingerprint density at radius 1 is 0.793 bits per heavy atom. The molecule has 3 nitrogen and oxygen atoms in total. The van der Waals surface area contributed by atoms with Gasteiger partial charge in [0.1, 0.15) is 4.88 Å². The van der Waals surface area contributed by atoms with Crippen molar-refractivity contribution in [2.45, 2.75) is 45.4 Å². The van der Waals surface area contributed by atoms with Crippen LogP contribution < -0.4 is 0 Å². The second-order valence-corrected chi connectivity index (χ2v) is 11.7. The molecule has 0 saturated heterocycles. The Morgan fingerprint density at radius 3 is 2.14 bits per heavy atom. The molecular weight excluding hydrogens is 486 g/mol. The van der Waals surface area contributed by atoms with E-state index in [1.807, 2.05) is 6.07 Å². The summed E-state index contributed by atoms with van der Waals surface area (Å²) in [4.78, 5) is 32.1. The van der Waals surface area contributed by atoms with Crippen molar-refractivity contribution in [2.75, 3.05) is 6.54 Å². The first kappa shape index (κ1) is 21.0. The van der Waals surface area contributed by atoms with Crippen LogP contribution in [0.15, 0.2) is 34.1 Å². The minimum absolute atomic E-state index is 0.117. The standard InChI is InChI=1S/C22H22BrNO2S3/c1-2-3-4-5-6-7-12-24-21(25)14-13-18(29-20(14)22(24)26)17-9-8-15(27-17)16-10-11-19(23)28-16/h8-11,13H,2-7,12H2,1H3. The summed E-state index contributed by atoms with van der Waals surface area (Å²) in [6, 6.07) is 10.2. The SMILES string of the molecule is CCCCCCCCN1C(=O)c2cc(-c3ccc(-c4ccc(Br)s4)s3)sc2C1=O. The van der Waals surface area contributed by atoms with Gasteiger partial charge in [0.2, 0.25) is 0 Å². The lowest BCUT2D eigenvalue weighted by atomic mass is 10.1. The van der Waals surface area contributed by atoms with Gasteiger partial charge in [-0.05, 0) is 52.7 Å². The molecule has 0 unspecified atom stereocenters. The maximum absolute atomic E-state index is 12.8. The molecule has 4 heterocycles. The Hall–Kier alpha value is -1.28. The number of rotatable bonds is 9.